The molecule has 0 bridgehead atoms. The molecule has 0 N–H and O–H groups in total. The van der Waals surface area contributed by atoms with E-state index in [2.05, 4.69) is 27.7 Å². The predicted molar refractivity (Wildman–Crippen MR) is 114 cm³/mol. The minimum absolute atomic E-state index is 0. The largest absolute Gasteiger partial charge is 2.00 e. The van der Waals surface area contributed by atoms with Crippen molar-refractivity contribution in [2.24, 2.45) is 11.8 Å². The van der Waals surface area contributed by atoms with E-state index in [1.807, 2.05) is 12.1 Å². The number of carbonyl (C=O) groups excluding carboxylic acids is 2. The predicted octanol–water partition coefficient (Wildman–Crippen LogP) is 2.90. The molecule has 154 valence electrons. The number of carbonyl (C=O) groups is 2. The van der Waals surface area contributed by atoms with Crippen LogP contribution in [0.3, 0.4) is 0 Å². The van der Waals surface area contributed by atoms with Gasteiger partial charge < -0.3 is 19.8 Å². The fourth-order valence-corrected chi connectivity index (χ4v) is 2.62. The third-order valence-electron chi connectivity index (χ3n) is 4.35. The SMILES string of the molecule is CC(C)CCc1cccc(C(=O)[O-])c1.CC(C)CCc1cccc(C(=O)[O-])c1.[Pb+2]. The summed E-state index contributed by atoms with van der Waals surface area (Å²) >= 11 is 0. The molecule has 0 atom stereocenters. The summed E-state index contributed by atoms with van der Waals surface area (Å²) < 4.78 is 0. The van der Waals surface area contributed by atoms with Crippen LogP contribution in [0.4, 0.5) is 0 Å². The number of hydrogen-bond donors (Lipinski definition) is 0. The van der Waals surface area contributed by atoms with Crippen molar-refractivity contribution < 1.29 is 19.8 Å². The van der Waals surface area contributed by atoms with Gasteiger partial charge in [0.25, 0.3) is 0 Å². The van der Waals surface area contributed by atoms with Crippen LogP contribution in [-0.2, 0) is 12.8 Å². The van der Waals surface area contributed by atoms with E-state index in [1.165, 1.54) is 0 Å². The van der Waals surface area contributed by atoms with Crippen LogP contribution in [-0.4, -0.2) is 39.2 Å². The smallest absolute Gasteiger partial charge is 0.545 e. The molecule has 0 unspecified atom stereocenters. The summed E-state index contributed by atoms with van der Waals surface area (Å²) in [5.74, 6) is -0.920. The first kappa shape index (κ1) is 27.3. The van der Waals surface area contributed by atoms with Crippen LogP contribution in [0.2, 0.25) is 0 Å². The maximum atomic E-state index is 10.6. The van der Waals surface area contributed by atoms with Gasteiger partial charge in [-0.1, -0.05) is 64.1 Å². The fourth-order valence-electron chi connectivity index (χ4n) is 2.62. The zero-order valence-corrected chi connectivity index (χ0v) is 21.6. The van der Waals surface area contributed by atoms with Gasteiger partial charge in [-0.05, 0) is 71.9 Å². The molecular formula is C24H30O4Pb. The van der Waals surface area contributed by atoms with Gasteiger partial charge in [0.15, 0.2) is 0 Å². The number of aryl methyl sites for hydroxylation is 2. The Kier molecular flexibility index (Phi) is 13.5. The third-order valence-corrected chi connectivity index (χ3v) is 4.35. The zero-order valence-electron chi connectivity index (χ0n) is 17.7. The number of rotatable bonds is 8. The zero-order chi connectivity index (χ0) is 21.1. The molecule has 2 aromatic rings. The van der Waals surface area contributed by atoms with Gasteiger partial charge in [-0.15, -0.1) is 0 Å². The molecule has 0 spiro atoms. The number of carboxylic acid groups (broad SMARTS) is 2. The van der Waals surface area contributed by atoms with Gasteiger partial charge in [-0.25, -0.2) is 0 Å². The Morgan fingerprint density at radius 2 is 1.07 bits per heavy atom. The van der Waals surface area contributed by atoms with E-state index in [-0.39, 0.29) is 38.4 Å². The molecule has 0 heterocycles. The summed E-state index contributed by atoms with van der Waals surface area (Å²) in [7, 11) is 0. The summed E-state index contributed by atoms with van der Waals surface area (Å²) in [4.78, 5) is 21.2. The molecule has 2 aromatic carbocycles. The topological polar surface area (TPSA) is 80.3 Å². The Labute approximate surface area is 194 Å². The van der Waals surface area contributed by atoms with E-state index in [0.717, 1.165) is 36.8 Å². The molecular weight excluding hydrogens is 559 g/mol. The van der Waals surface area contributed by atoms with Crippen LogP contribution in [0, 0.1) is 11.8 Å². The van der Waals surface area contributed by atoms with Crippen molar-refractivity contribution in [3.8, 4) is 0 Å². The van der Waals surface area contributed by atoms with Crippen molar-refractivity contribution in [3.05, 3.63) is 70.8 Å². The maximum absolute atomic E-state index is 10.6. The molecule has 2 rings (SSSR count). The minimum Gasteiger partial charge on any atom is -0.545 e. The summed E-state index contributed by atoms with van der Waals surface area (Å²) in [6.45, 7) is 8.62. The molecule has 2 radical (unpaired) electrons. The van der Waals surface area contributed by atoms with Gasteiger partial charge >= 0.3 is 27.3 Å². The van der Waals surface area contributed by atoms with Crippen molar-refractivity contribution in [1.29, 1.82) is 0 Å². The Hall–Kier alpha value is -1.70. The van der Waals surface area contributed by atoms with Gasteiger partial charge in [-0.2, -0.15) is 0 Å². The Balaban J connectivity index is 0.000000523. The number of benzene rings is 2. The summed E-state index contributed by atoms with van der Waals surface area (Å²) in [5, 5.41) is 21.2. The first-order valence-electron chi connectivity index (χ1n) is 9.79. The Morgan fingerprint density at radius 1 is 0.724 bits per heavy atom. The van der Waals surface area contributed by atoms with E-state index in [1.54, 1.807) is 36.4 Å². The quantitative estimate of drug-likeness (QED) is 0.444. The van der Waals surface area contributed by atoms with E-state index in [0.29, 0.717) is 11.8 Å². The average molecular weight is 590 g/mol. The van der Waals surface area contributed by atoms with Crippen molar-refractivity contribution >= 4 is 39.2 Å². The van der Waals surface area contributed by atoms with E-state index >= 15 is 0 Å². The van der Waals surface area contributed by atoms with Crippen LogP contribution in [0.15, 0.2) is 48.5 Å². The monoisotopic (exact) mass is 590 g/mol. The fraction of sp³-hybridized carbons (Fsp3) is 0.417. The van der Waals surface area contributed by atoms with Crippen LogP contribution in [0.5, 0.6) is 0 Å². The molecule has 0 aliphatic heterocycles. The molecule has 0 saturated heterocycles. The molecule has 4 nitrogen and oxygen atoms in total. The average Bonchev–Trinajstić information content (AvgIpc) is 2.65. The Bertz CT molecular complexity index is 703. The van der Waals surface area contributed by atoms with Gasteiger partial charge in [0.1, 0.15) is 0 Å². The number of carboxylic acids is 2. The van der Waals surface area contributed by atoms with E-state index < -0.39 is 11.9 Å². The molecule has 0 aromatic heterocycles. The molecule has 0 aliphatic rings. The molecule has 5 heteroatoms. The van der Waals surface area contributed by atoms with E-state index in [4.69, 9.17) is 0 Å². The maximum Gasteiger partial charge on any atom is 2.00 e. The van der Waals surface area contributed by atoms with Crippen LogP contribution in [0.25, 0.3) is 0 Å². The van der Waals surface area contributed by atoms with Gasteiger partial charge in [0.05, 0.1) is 11.9 Å². The summed E-state index contributed by atoms with van der Waals surface area (Å²) in [6.07, 6.45) is 4.02. The van der Waals surface area contributed by atoms with Gasteiger partial charge in [-0.3, -0.25) is 0 Å². The number of hydrogen-bond acceptors (Lipinski definition) is 4. The Morgan fingerprint density at radius 3 is 1.34 bits per heavy atom. The molecule has 0 fully saturated rings. The van der Waals surface area contributed by atoms with Crippen molar-refractivity contribution in [2.45, 2.75) is 53.4 Å². The first-order valence-corrected chi connectivity index (χ1v) is 9.79. The summed E-state index contributed by atoms with van der Waals surface area (Å²) in [5.41, 5.74) is 2.68. The third kappa shape index (κ3) is 11.8. The van der Waals surface area contributed by atoms with Gasteiger partial charge in [0, 0.05) is 0 Å². The van der Waals surface area contributed by atoms with Crippen molar-refractivity contribution in [2.75, 3.05) is 0 Å². The van der Waals surface area contributed by atoms with E-state index in [9.17, 15) is 19.8 Å². The van der Waals surface area contributed by atoms with Crippen LogP contribution < -0.4 is 10.2 Å². The number of aromatic carboxylic acids is 2. The second-order valence-corrected chi connectivity index (χ2v) is 7.84. The first-order chi connectivity index (χ1) is 13.2. The normalized spacial score (nSPS) is 10.1. The molecule has 0 saturated carbocycles. The molecule has 0 aliphatic carbocycles. The second kappa shape index (κ2) is 14.3. The standard InChI is InChI=1S/2C12H16O2.Pb/c2*1-9(2)6-7-10-4-3-5-11(8-10)12(13)14;/h2*3-5,8-9H,6-7H2,1-2H3,(H,13,14);/q;;+2/p-2. The van der Waals surface area contributed by atoms with Crippen LogP contribution in [0.1, 0.15) is 72.4 Å². The second-order valence-electron chi connectivity index (χ2n) is 7.84. The molecule has 29 heavy (non-hydrogen) atoms. The molecule has 0 amide bonds. The minimum atomic E-state index is -1.10. The van der Waals surface area contributed by atoms with Crippen molar-refractivity contribution in [1.82, 2.24) is 0 Å². The van der Waals surface area contributed by atoms with Gasteiger partial charge in [0.2, 0.25) is 0 Å². The van der Waals surface area contributed by atoms with Crippen LogP contribution >= 0.6 is 0 Å². The van der Waals surface area contributed by atoms with Crippen molar-refractivity contribution in [3.63, 3.8) is 0 Å². The summed E-state index contributed by atoms with van der Waals surface area (Å²) in [6, 6.07) is 13.9.